The van der Waals surface area contributed by atoms with Crippen LogP contribution in [0, 0.1) is 0 Å². The highest BCUT2D eigenvalue weighted by molar-refractivity contribution is 5.73. The molecule has 3 atom stereocenters. The number of likely N-dealkylation sites (tertiary alicyclic amines) is 1. The first-order chi connectivity index (χ1) is 15.8. The van der Waals surface area contributed by atoms with E-state index in [1.807, 2.05) is 24.4 Å². The SMILES string of the molecule is C=CCN1C[C@H](OCc2cccnc2)[C@H]2OCCC[C@H]21.O=C(O)C(F)(F)F.O=C(O)C(F)(F)F. The Kier molecular flexibility index (Phi) is 11.4. The molecule has 0 saturated carbocycles. The summed E-state index contributed by atoms with van der Waals surface area (Å²) in [6.07, 6.45) is -1.85. The fourth-order valence-electron chi connectivity index (χ4n) is 3.21. The summed E-state index contributed by atoms with van der Waals surface area (Å²) in [7, 11) is 0. The number of pyridine rings is 1. The summed E-state index contributed by atoms with van der Waals surface area (Å²) in [6, 6.07) is 4.47. The number of nitrogens with zero attached hydrogens (tertiary/aromatic N) is 2. The predicted octanol–water partition coefficient (Wildman–Crippen LogP) is 3.28. The van der Waals surface area contributed by atoms with E-state index in [1.165, 1.54) is 6.42 Å². The van der Waals surface area contributed by atoms with Crippen LogP contribution in [0.3, 0.4) is 0 Å². The van der Waals surface area contributed by atoms with Crippen LogP contribution in [0.25, 0.3) is 0 Å². The van der Waals surface area contributed by atoms with Crippen molar-refractivity contribution >= 4 is 11.9 Å². The maximum atomic E-state index is 10.6. The first-order valence-corrected chi connectivity index (χ1v) is 9.84. The number of carboxylic acids is 2. The van der Waals surface area contributed by atoms with Gasteiger partial charge in [0.05, 0.1) is 12.7 Å². The van der Waals surface area contributed by atoms with Crippen molar-refractivity contribution in [3.63, 3.8) is 0 Å². The molecule has 2 saturated heterocycles. The smallest absolute Gasteiger partial charge is 0.475 e. The largest absolute Gasteiger partial charge is 0.490 e. The molecule has 0 unspecified atom stereocenters. The zero-order valence-corrected chi connectivity index (χ0v) is 17.8. The van der Waals surface area contributed by atoms with Gasteiger partial charge in [0.15, 0.2) is 0 Å². The quantitative estimate of drug-likeness (QED) is 0.467. The number of carbonyl (C=O) groups is 2. The average molecular weight is 502 g/mol. The van der Waals surface area contributed by atoms with Crippen molar-refractivity contribution in [1.82, 2.24) is 9.88 Å². The summed E-state index contributed by atoms with van der Waals surface area (Å²) < 4.78 is 75.5. The third kappa shape index (κ3) is 10.1. The highest BCUT2D eigenvalue weighted by Crippen LogP contribution is 2.30. The zero-order valence-electron chi connectivity index (χ0n) is 17.8. The Hall–Kier alpha value is -2.71. The van der Waals surface area contributed by atoms with Gasteiger partial charge in [0.2, 0.25) is 0 Å². The monoisotopic (exact) mass is 502 g/mol. The van der Waals surface area contributed by atoms with E-state index in [0.717, 1.165) is 31.7 Å². The van der Waals surface area contributed by atoms with Gasteiger partial charge in [-0.25, -0.2) is 9.59 Å². The summed E-state index contributed by atoms with van der Waals surface area (Å²) in [5.74, 6) is -5.51. The van der Waals surface area contributed by atoms with Crippen LogP contribution >= 0.6 is 0 Å². The summed E-state index contributed by atoms with van der Waals surface area (Å²) in [5.41, 5.74) is 1.11. The third-order valence-electron chi connectivity index (χ3n) is 4.62. The van der Waals surface area contributed by atoms with Crippen LogP contribution in [-0.2, 0) is 25.7 Å². The van der Waals surface area contributed by atoms with Gasteiger partial charge in [0.25, 0.3) is 0 Å². The van der Waals surface area contributed by atoms with Gasteiger partial charge in [-0.1, -0.05) is 12.1 Å². The van der Waals surface area contributed by atoms with Crippen LogP contribution in [0.2, 0.25) is 0 Å². The maximum absolute atomic E-state index is 10.6. The number of hydrogen-bond acceptors (Lipinski definition) is 6. The second-order valence-electron chi connectivity index (χ2n) is 7.10. The minimum Gasteiger partial charge on any atom is -0.475 e. The average Bonchev–Trinajstić information content (AvgIpc) is 3.10. The zero-order chi connectivity index (χ0) is 25.9. The molecule has 8 nitrogen and oxygen atoms in total. The Labute approximate surface area is 190 Å². The van der Waals surface area contributed by atoms with Gasteiger partial charge in [-0.3, -0.25) is 9.88 Å². The fraction of sp³-hybridized carbons (Fsp3) is 0.550. The molecule has 0 amide bonds. The van der Waals surface area contributed by atoms with E-state index in [0.29, 0.717) is 12.6 Å². The Morgan fingerprint density at radius 1 is 1.21 bits per heavy atom. The lowest BCUT2D eigenvalue weighted by molar-refractivity contribution is -0.193. The van der Waals surface area contributed by atoms with Gasteiger partial charge in [-0.2, -0.15) is 26.3 Å². The Bertz CT molecular complexity index is 766. The van der Waals surface area contributed by atoms with Crippen molar-refractivity contribution in [1.29, 1.82) is 0 Å². The molecule has 34 heavy (non-hydrogen) atoms. The van der Waals surface area contributed by atoms with Gasteiger partial charge in [-0.05, 0) is 24.5 Å². The highest BCUT2D eigenvalue weighted by Gasteiger charge is 2.44. The molecule has 2 aliphatic rings. The van der Waals surface area contributed by atoms with Crippen molar-refractivity contribution in [3.05, 3.63) is 42.7 Å². The first-order valence-electron chi connectivity index (χ1n) is 9.84. The van der Waals surface area contributed by atoms with Crippen molar-refractivity contribution in [2.24, 2.45) is 0 Å². The molecule has 1 aromatic rings. The van der Waals surface area contributed by atoms with Gasteiger partial charge in [0, 0.05) is 38.1 Å². The molecule has 2 fully saturated rings. The first kappa shape index (κ1) is 29.3. The molecule has 14 heteroatoms. The van der Waals surface area contributed by atoms with E-state index in [-0.39, 0.29) is 12.2 Å². The molecule has 0 bridgehead atoms. The third-order valence-corrected chi connectivity index (χ3v) is 4.62. The van der Waals surface area contributed by atoms with Crippen molar-refractivity contribution in [3.8, 4) is 0 Å². The lowest BCUT2D eigenvalue weighted by Crippen LogP contribution is -2.41. The number of fused-ring (bicyclic) bond motifs is 1. The van der Waals surface area contributed by atoms with Crippen LogP contribution < -0.4 is 0 Å². The van der Waals surface area contributed by atoms with E-state index in [4.69, 9.17) is 29.3 Å². The minimum atomic E-state index is -5.08. The van der Waals surface area contributed by atoms with E-state index < -0.39 is 24.3 Å². The second kappa shape index (κ2) is 13.2. The lowest BCUT2D eigenvalue weighted by Gasteiger charge is -2.31. The van der Waals surface area contributed by atoms with Gasteiger partial charge in [0.1, 0.15) is 6.10 Å². The summed E-state index contributed by atoms with van der Waals surface area (Å²) in [5, 5.41) is 14.2. The van der Waals surface area contributed by atoms with Crippen LogP contribution in [0.1, 0.15) is 18.4 Å². The molecule has 3 rings (SSSR count). The number of aliphatic carboxylic acids is 2. The molecular formula is C20H24F6N2O6. The summed E-state index contributed by atoms with van der Waals surface area (Å²) in [4.78, 5) is 24.3. The summed E-state index contributed by atoms with van der Waals surface area (Å²) >= 11 is 0. The molecule has 0 radical (unpaired) electrons. The Morgan fingerprint density at radius 3 is 2.26 bits per heavy atom. The molecule has 0 spiro atoms. The van der Waals surface area contributed by atoms with E-state index in [9.17, 15) is 26.3 Å². The highest BCUT2D eigenvalue weighted by atomic mass is 19.4. The number of alkyl halides is 6. The van der Waals surface area contributed by atoms with Gasteiger partial charge >= 0.3 is 24.3 Å². The van der Waals surface area contributed by atoms with Gasteiger partial charge in [-0.15, -0.1) is 6.58 Å². The predicted molar refractivity (Wildman–Crippen MR) is 105 cm³/mol. The van der Waals surface area contributed by atoms with Crippen LogP contribution in [0.5, 0.6) is 0 Å². The maximum Gasteiger partial charge on any atom is 0.490 e. The Balaban J connectivity index is 0.000000343. The van der Waals surface area contributed by atoms with Crippen LogP contribution in [0.15, 0.2) is 37.2 Å². The van der Waals surface area contributed by atoms with Crippen LogP contribution in [-0.4, -0.2) is 82.3 Å². The standard InChI is InChI=1S/C16H22N2O2.2C2HF3O2/c1-2-8-18-11-15(16-14(18)6-4-9-19-16)20-12-13-5-3-7-17-10-13;2*3-2(4,5)1(6)7/h2-3,5,7,10,14-16H,1,4,6,8-9,11-12H2;2*(H,6,7)/t14-,15+,16+;;/m1../s1. The van der Waals surface area contributed by atoms with Gasteiger partial charge < -0.3 is 19.7 Å². The second-order valence-corrected chi connectivity index (χ2v) is 7.10. The molecular weight excluding hydrogens is 478 g/mol. The number of halogens is 6. The molecule has 2 aliphatic heterocycles. The topological polar surface area (TPSA) is 109 Å². The Morgan fingerprint density at radius 2 is 1.79 bits per heavy atom. The van der Waals surface area contributed by atoms with Crippen LogP contribution in [0.4, 0.5) is 26.3 Å². The molecule has 0 aromatic carbocycles. The van der Waals surface area contributed by atoms with Crippen molar-refractivity contribution in [2.75, 3.05) is 19.7 Å². The normalized spacial score (nSPS) is 22.4. The van der Waals surface area contributed by atoms with E-state index in [2.05, 4.69) is 16.5 Å². The number of hydrogen-bond donors (Lipinski definition) is 2. The minimum absolute atomic E-state index is 0.153. The fourth-order valence-corrected chi connectivity index (χ4v) is 3.21. The molecule has 3 heterocycles. The number of rotatable bonds is 5. The lowest BCUT2D eigenvalue weighted by atomic mass is 10.0. The molecule has 1 aromatic heterocycles. The molecule has 2 N–H and O–H groups in total. The van der Waals surface area contributed by atoms with Crippen molar-refractivity contribution in [2.45, 2.75) is 50.1 Å². The number of aromatic nitrogens is 1. The van der Waals surface area contributed by atoms with E-state index in [1.54, 1.807) is 6.20 Å². The molecule has 0 aliphatic carbocycles. The van der Waals surface area contributed by atoms with E-state index >= 15 is 0 Å². The molecule has 192 valence electrons. The number of ether oxygens (including phenoxy) is 2. The van der Waals surface area contributed by atoms with Crippen molar-refractivity contribution < 1.29 is 55.6 Å². The summed E-state index contributed by atoms with van der Waals surface area (Å²) in [6.45, 7) is 7.16. The number of carboxylic acid groups (broad SMARTS) is 2.